The van der Waals surface area contributed by atoms with Gasteiger partial charge in [-0.1, -0.05) is 27.7 Å². The third kappa shape index (κ3) is 2.53. The van der Waals surface area contributed by atoms with Crippen LogP contribution in [0.2, 0.25) is 0 Å². The molecule has 1 atom stereocenters. The fourth-order valence-electron chi connectivity index (χ4n) is 3.72. The number of hydrogen-bond acceptors (Lipinski definition) is 2. The van der Waals surface area contributed by atoms with Crippen LogP contribution >= 0.6 is 0 Å². The second-order valence-corrected chi connectivity index (χ2v) is 7.42. The first-order valence-corrected chi connectivity index (χ1v) is 7.25. The fourth-order valence-corrected chi connectivity index (χ4v) is 3.72. The van der Waals surface area contributed by atoms with Crippen molar-refractivity contribution in [1.82, 2.24) is 10.2 Å². The van der Waals surface area contributed by atoms with E-state index < -0.39 is 0 Å². The summed E-state index contributed by atoms with van der Waals surface area (Å²) in [5.41, 5.74) is 1.06. The van der Waals surface area contributed by atoms with Crippen LogP contribution in [0.3, 0.4) is 0 Å². The average Bonchev–Trinajstić information content (AvgIpc) is 2.60. The van der Waals surface area contributed by atoms with E-state index in [-0.39, 0.29) is 0 Å². The molecular formula is C15H30N2. The van der Waals surface area contributed by atoms with Crippen LogP contribution < -0.4 is 5.32 Å². The summed E-state index contributed by atoms with van der Waals surface area (Å²) in [6.45, 7) is 14.6. The Balaban J connectivity index is 1.67. The van der Waals surface area contributed by atoms with E-state index in [4.69, 9.17) is 0 Å². The minimum absolute atomic E-state index is 0.531. The average molecular weight is 238 g/mol. The van der Waals surface area contributed by atoms with Crippen LogP contribution in [0.25, 0.3) is 0 Å². The molecule has 1 N–H and O–H groups in total. The molecule has 0 bridgehead atoms. The Morgan fingerprint density at radius 1 is 1.12 bits per heavy atom. The van der Waals surface area contributed by atoms with Crippen molar-refractivity contribution in [2.75, 3.05) is 33.2 Å². The number of nitrogens with zero attached hydrogens (tertiary/aromatic N) is 1. The summed E-state index contributed by atoms with van der Waals surface area (Å²) in [6, 6.07) is 0. The molecule has 0 aromatic carbocycles. The molecule has 1 saturated heterocycles. The number of likely N-dealkylation sites (tertiary alicyclic amines) is 1. The summed E-state index contributed by atoms with van der Waals surface area (Å²) >= 11 is 0. The van der Waals surface area contributed by atoms with Gasteiger partial charge in [0.15, 0.2) is 0 Å². The second kappa shape index (κ2) is 4.55. The summed E-state index contributed by atoms with van der Waals surface area (Å²) in [7, 11) is 2.25. The van der Waals surface area contributed by atoms with Crippen LogP contribution in [0.5, 0.6) is 0 Å². The van der Waals surface area contributed by atoms with Crippen molar-refractivity contribution in [2.24, 2.45) is 22.7 Å². The van der Waals surface area contributed by atoms with Gasteiger partial charge in [0.1, 0.15) is 0 Å². The smallest absolute Gasteiger partial charge is 0.00187 e. The van der Waals surface area contributed by atoms with Gasteiger partial charge in [-0.15, -0.1) is 0 Å². The summed E-state index contributed by atoms with van der Waals surface area (Å²) < 4.78 is 0. The van der Waals surface area contributed by atoms with E-state index in [1.807, 2.05) is 0 Å². The van der Waals surface area contributed by atoms with Gasteiger partial charge in [-0.05, 0) is 62.2 Å². The van der Waals surface area contributed by atoms with Gasteiger partial charge in [0.2, 0.25) is 0 Å². The van der Waals surface area contributed by atoms with Gasteiger partial charge in [-0.3, -0.25) is 0 Å². The molecule has 1 heterocycles. The van der Waals surface area contributed by atoms with E-state index in [2.05, 4.69) is 45.0 Å². The lowest BCUT2D eigenvalue weighted by atomic mass is 9.98. The molecule has 2 nitrogen and oxygen atoms in total. The van der Waals surface area contributed by atoms with Gasteiger partial charge in [-0.25, -0.2) is 0 Å². The molecule has 0 aromatic heterocycles. The Morgan fingerprint density at radius 2 is 1.76 bits per heavy atom. The van der Waals surface area contributed by atoms with Crippen LogP contribution in [0.4, 0.5) is 0 Å². The lowest BCUT2D eigenvalue weighted by molar-refractivity contribution is 0.205. The van der Waals surface area contributed by atoms with E-state index >= 15 is 0 Å². The normalized spacial score (nSPS) is 32.6. The fraction of sp³-hybridized carbons (Fsp3) is 1.00. The van der Waals surface area contributed by atoms with Gasteiger partial charge in [-0.2, -0.15) is 0 Å². The van der Waals surface area contributed by atoms with Gasteiger partial charge in [0.05, 0.1) is 0 Å². The van der Waals surface area contributed by atoms with E-state index in [1.54, 1.807) is 0 Å². The van der Waals surface area contributed by atoms with Crippen molar-refractivity contribution in [3.8, 4) is 0 Å². The Labute approximate surface area is 107 Å². The molecule has 2 fully saturated rings. The van der Waals surface area contributed by atoms with Crippen LogP contribution in [0, 0.1) is 22.7 Å². The highest BCUT2D eigenvalue weighted by molar-refractivity contribution is 5.12. The highest BCUT2D eigenvalue weighted by Crippen LogP contribution is 2.67. The first-order chi connectivity index (χ1) is 7.85. The zero-order valence-electron chi connectivity index (χ0n) is 12.3. The number of piperidine rings is 1. The molecule has 0 spiro atoms. The molecule has 0 amide bonds. The lowest BCUT2D eigenvalue weighted by Gasteiger charge is -2.29. The summed E-state index contributed by atoms with van der Waals surface area (Å²) in [5.74, 6) is 1.73. The predicted octanol–water partition coefficient (Wildman–Crippen LogP) is 2.60. The van der Waals surface area contributed by atoms with E-state index in [0.29, 0.717) is 10.8 Å². The molecule has 17 heavy (non-hydrogen) atoms. The monoisotopic (exact) mass is 238 g/mol. The largest absolute Gasteiger partial charge is 0.316 e. The highest BCUT2D eigenvalue weighted by atomic mass is 15.1. The van der Waals surface area contributed by atoms with E-state index in [1.165, 1.54) is 39.0 Å². The molecule has 1 aliphatic carbocycles. The van der Waals surface area contributed by atoms with Gasteiger partial charge < -0.3 is 10.2 Å². The minimum Gasteiger partial charge on any atom is -0.316 e. The number of hydrogen-bond donors (Lipinski definition) is 1. The molecule has 2 rings (SSSR count). The minimum atomic E-state index is 0.531. The molecule has 2 heteroatoms. The lowest BCUT2D eigenvalue weighted by Crippen LogP contribution is -2.38. The summed E-state index contributed by atoms with van der Waals surface area (Å²) in [5, 5.41) is 3.72. The van der Waals surface area contributed by atoms with Gasteiger partial charge in [0.25, 0.3) is 0 Å². The Kier molecular flexibility index (Phi) is 3.57. The first-order valence-electron chi connectivity index (χ1n) is 7.25. The topological polar surface area (TPSA) is 15.3 Å². The quantitative estimate of drug-likeness (QED) is 0.810. The SMILES string of the molecule is CN1CCCC(CNCC2C(C)(C)C2(C)C)C1. The summed E-state index contributed by atoms with van der Waals surface area (Å²) in [4.78, 5) is 2.47. The number of nitrogens with one attached hydrogen (secondary N) is 1. The molecule has 1 unspecified atom stereocenters. The van der Waals surface area contributed by atoms with Crippen LogP contribution in [0.15, 0.2) is 0 Å². The molecule has 1 aliphatic heterocycles. The maximum absolute atomic E-state index is 3.72. The maximum Gasteiger partial charge on any atom is 0.00187 e. The Morgan fingerprint density at radius 3 is 2.29 bits per heavy atom. The van der Waals surface area contributed by atoms with Crippen molar-refractivity contribution in [1.29, 1.82) is 0 Å². The Hall–Kier alpha value is -0.0800. The highest BCUT2D eigenvalue weighted by Gasteiger charge is 2.63. The van der Waals surface area contributed by atoms with Gasteiger partial charge in [0, 0.05) is 6.54 Å². The molecule has 0 aromatic rings. The van der Waals surface area contributed by atoms with Crippen LogP contribution in [0.1, 0.15) is 40.5 Å². The van der Waals surface area contributed by atoms with Gasteiger partial charge >= 0.3 is 0 Å². The molecule has 0 radical (unpaired) electrons. The second-order valence-electron chi connectivity index (χ2n) is 7.42. The van der Waals surface area contributed by atoms with Crippen molar-refractivity contribution >= 4 is 0 Å². The third-order valence-electron chi connectivity index (χ3n) is 5.82. The molecule has 100 valence electrons. The Bertz CT molecular complexity index is 256. The maximum atomic E-state index is 3.72. The van der Waals surface area contributed by atoms with Crippen molar-refractivity contribution in [3.05, 3.63) is 0 Å². The van der Waals surface area contributed by atoms with E-state index in [0.717, 1.165) is 11.8 Å². The van der Waals surface area contributed by atoms with Crippen LogP contribution in [-0.2, 0) is 0 Å². The van der Waals surface area contributed by atoms with Crippen molar-refractivity contribution in [2.45, 2.75) is 40.5 Å². The molecule has 1 saturated carbocycles. The molecule has 2 aliphatic rings. The van der Waals surface area contributed by atoms with Crippen molar-refractivity contribution in [3.63, 3.8) is 0 Å². The summed E-state index contributed by atoms with van der Waals surface area (Å²) in [6.07, 6.45) is 2.79. The standard InChI is InChI=1S/C15H30N2/c1-14(2)13(15(14,3)4)10-16-9-12-7-6-8-17(5)11-12/h12-13,16H,6-11H2,1-5H3. The van der Waals surface area contributed by atoms with Crippen molar-refractivity contribution < 1.29 is 0 Å². The van der Waals surface area contributed by atoms with Crippen LogP contribution in [-0.4, -0.2) is 38.1 Å². The third-order valence-corrected chi connectivity index (χ3v) is 5.82. The van der Waals surface area contributed by atoms with E-state index in [9.17, 15) is 0 Å². The first kappa shape index (κ1) is 13.4. The zero-order valence-corrected chi connectivity index (χ0v) is 12.3. The molecular weight excluding hydrogens is 208 g/mol. The number of rotatable bonds is 4. The predicted molar refractivity (Wildman–Crippen MR) is 74.1 cm³/mol. The zero-order chi connectivity index (χ0) is 12.7.